The summed E-state index contributed by atoms with van der Waals surface area (Å²) in [4.78, 5) is 36.7. The number of benzene rings is 2. The van der Waals surface area contributed by atoms with Crippen LogP contribution in [-0.4, -0.2) is 37.6 Å². The molecule has 0 atom stereocenters. The molecule has 2 amide bonds. The van der Waals surface area contributed by atoms with Crippen molar-refractivity contribution in [3.8, 4) is 5.75 Å². The van der Waals surface area contributed by atoms with Gasteiger partial charge in [0.2, 0.25) is 5.91 Å². The van der Waals surface area contributed by atoms with Crippen molar-refractivity contribution in [3.05, 3.63) is 69.1 Å². The van der Waals surface area contributed by atoms with Crippen molar-refractivity contribution in [2.24, 2.45) is 0 Å². The molecule has 3 rings (SSSR count). The molecule has 2 N–H and O–H groups in total. The number of phenols is 1. The molecule has 1 aliphatic heterocycles. The average Bonchev–Trinajstić information content (AvgIpc) is 2.97. The van der Waals surface area contributed by atoms with E-state index in [1.807, 2.05) is 0 Å². The van der Waals surface area contributed by atoms with Crippen molar-refractivity contribution < 1.29 is 19.6 Å². The topological polar surface area (TPSA) is 113 Å². The van der Waals surface area contributed by atoms with Crippen LogP contribution >= 0.6 is 24.0 Å². The number of hydrogen-bond acceptors (Lipinski definition) is 7. The van der Waals surface area contributed by atoms with Crippen molar-refractivity contribution in [1.29, 1.82) is 0 Å². The van der Waals surface area contributed by atoms with Crippen LogP contribution in [0.1, 0.15) is 18.4 Å². The van der Waals surface area contributed by atoms with Gasteiger partial charge in [-0.1, -0.05) is 42.2 Å². The van der Waals surface area contributed by atoms with E-state index in [1.165, 1.54) is 35.2 Å². The van der Waals surface area contributed by atoms with Crippen molar-refractivity contribution in [2.75, 3.05) is 11.9 Å². The van der Waals surface area contributed by atoms with Crippen molar-refractivity contribution in [3.63, 3.8) is 0 Å². The summed E-state index contributed by atoms with van der Waals surface area (Å²) in [6, 6.07) is 12.2. The molecule has 0 saturated carbocycles. The van der Waals surface area contributed by atoms with Crippen LogP contribution in [0, 0.1) is 10.1 Å². The molecule has 1 saturated heterocycles. The molecule has 1 fully saturated rings. The second kappa shape index (κ2) is 9.51. The molecule has 0 radical (unpaired) electrons. The van der Waals surface area contributed by atoms with E-state index in [9.17, 15) is 24.8 Å². The van der Waals surface area contributed by atoms with Gasteiger partial charge in [0, 0.05) is 36.3 Å². The summed E-state index contributed by atoms with van der Waals surface area (Å²) < 4.78 is 0.400. The zero-order chi connectivity index (χ0) is 21.7. The number of non-ortho nitro benzene ring substituents is 1. The molecule has 154 valence electrons. The number of rotatable bonds is 7. The van der Waals surface area contributed by atoms with Gasteiger partial charge in [-0.05, 0) is 30.7 Å². The Bertz CT molecular complexity index is 1040. The van der Waals surface area contributed by atoms with Crippen LogP contribution in [0.15, 0.2) is 53.4 Å². The minimum Gasteiger partial charge on any atom is -0.507 e. The second-order valence-corrected chi connectivity index (χ2v) is 8.02. The number of nitrogens with zero attached hydrogens (tertiary/aromatic N) is 2. The predicted molar refractivity (Wildman–Crippen MR) is 119 cm³/mol. The fourth-order valence-electron chi connectivity index (χ4n) is 2.73. The zero-order valence-electron chi connectivity index (χ0n) is 15.6. The van der Waals surface area contributed by atoms with Gasteiger partial charge in [-0.3, -0.25) is 24.6 Å². The molecule has 0 aromatic heterocycles. The van der Waals surface area contributed by atoms with E-state index in [1.54, 1.807) is 24.3 Å². The minimum absolute atomic E-state index is 0.0563. The van der Waals surface area contributed by atoms with Crippen LogP contribution in [0.5, 0.6) is 5.75 Å². The minimum atomic E-state index is -0.512. The van der Waals surface area contributed by atoms with E-state index in [-0.39, 0.29) is 36.2 Å². The first-order valence-corrected chi connectivity index (χ1v) is 10.2. The lowest BCUT2D eigenvalue weighted by atomic mass is 10.2. The highest BCUT2D eigenvalue weighted by Crippen LogP contribution is 2.34. The third-order valence-electron chi connectivity index (χ3n) is 4.24. The third-order valence-corrected chi connectivity index (χ3v) is 5.62. The molecular formula is C20H17N3O5S2. The monoisotopic (exact) mass is 443 g/mol. The number of hydrogen-bond donors (Lipinski definition) is 2. The number of thioether (sulfide) groups is 1. The highest BCUT2D eigenvalue weighted by atomic mass is 32.2. The Kier molecular flexibility index (Phi) is 6.80. The molecule has 0 aliphatic carbocycles. The van der Waals surface area contributed by atoms with Crippen LogP contribution in [0.3, 0.4) is 0 Å². The van der Waals surface area contributed by atoms with E-state index in [0.29, 0.717) is 26.9 Å². The largest absolute Gasteiger partial charge is 0.507 e. The molecule has 8 nitrogen and oxygen atoms in total. The van der Waals surface area contributed by atoms with Crippen LogP contribution in [0.2, 0.25) is 0 Å². The number of thiocarbonyl (C=S) groups is 1. The quantitative estimate of drug-likeness (QED) is 0.289. The van der Waals surface area contributed by atoms with Gasteiger partial charge in [0.05, 0.1) is 9.83 Å². The predicted octanol–water partition coefficient (Wildman–Crippen LogP) is 3.92. The molecule has 0 bridgehead atoms. The van der Waals surface area contributed by atoms with Crippen molar-refractivity contribution in [1.82, 2.24) is 4.90 Å². The first kappa shape index (κ1) is 21.5. The van der Waals surface area contributed by atoms with Crippen LogP contribution < -0.4 is 5.32 Å². The molecule has 2 aromatic carbocycles. The molecule has 0 unspecified atom stereocenters. The number of carbonyl (C=O) groups is 2. The van der Waals surface area contributed by atoms with E-state index < -0.39 is 4.92 Å². The van der Waals surface area contributed by atoms with Gasteiger partial charge in [-0.2, -0.15) is 0 Å². The number of para-hydroxylation sites is 1. The summed E-state index contributed by atoms with van der Waals surface area (Å²) in [6.45, 7) is 0.288. The van der Waals surface area contributed by atoms with Gasteiger partial charge in [-0.15, -0.1) is 0 Å². The zero-order valence-corrected chi connectivity index (χ0v) is 17.2. The molecule has 1 heterocycles. The highest BCUT2D eigenvalue weighted by Gasteiger charge is 2.31. The molecular weight excluding hydrogens is 426 g/mol. The van der Waals surface area contributed by atoms with Gasteiger partial charge in [0.25, 0.3) is 11.6 Å². The molecule has 2 aromatic rings. The van der Waals surface area contributed by atoms with Crippen molar-refractivity contribution in [2.45, 2.75) is 12.8 Å². The molecule has 0 spiro atoms. The van der Waals surface area contributed by atoms with E-state index in [0.717, 1.165) is 11.8 Å². The fraction of sp³-hybridized carbons (Fsp3) is 0.150. The normalized spacial score (nSPS) is 14.9. The molecule has 1 aliphatic rings. The van der Waals surface area contributed by atoms with Crippen LogP contribution in [0.25, 0.3) is 6.08 Å². The Morgan fingerprint density at radius 2 is 1.93 bits per heavy atom. The number of anilines is 1. The molecule has 30 heavy (non-hydrogen) atoms. The van der Waals surface area contributed by atoms with Gasteiger partial charge in [0.15, 0.2) is 0 Å². The maximum atomic E-state index is 12.6. The van der Waals surface area contributed by atoms with Gasteiger partial charge >= 0.3 is 0 Å². The number of aromatic hydroxyl groups is 1. The maximum Gasteiger partial charge on any atom is 0.269 e. The van der Waals surface area contributed by atoms with Gasteiger partial charge < -0.3 is 10.4 Å². The summed E-state index contributed by atoms with van der Waals surface area (Å²) in [7, 11) is 0. The van der Waals surface area contributed by atoms with E-state index in [2.05, 4.69) is 5.32 Å². The fourth-order valence-corrected chi connectivity index (χ4v) is 4.03. The van der Waals surface area contributed by atoms with Crippen LogP contribution in [-0.2, 0) is 9.59 Å². The van der Waals surface area contributed by atoms with E-state index in [4.69, 9.17) is 12.2 Å². The number of amides is 2. The number of phenolic OH excluding ortho intramolecular Hbond substituents is 1. The lowest BCUT2D eigenvalue weighted by Gasteiger charge is -2.14. The highest BCUT2D eigenvalue weighted by molar-refractivity contribution is 8.26. The first-order valence-electron chi connectivity index (χ1n) is 8.93. The van der Waals surface area contributed by atoms with E-state index >= 15 is 0 Å². The summed E-state index contributed by atoms with van der Waals surface area (Å²) in [6.07, 6.45) is 2.15. The lowest BCUT2D eigenvalue weighted by molar-refractivity contribution is -0.384. The Morgan fingerprint density at radius 3 is 2.60 bits per heavy atom. The summed E-state index contributed by atoms with van der Waals surface area (Å²) in [5.74, 6) is -0.450. The second-order valence-electron chi connectivity index (χ2n) is 6.35. The summed E-state index contributed by atoms with van der Waals surface area (Å²) >= 11 is 6.42. The first-order chi connectivity index (χ1) is 14.3. The van der Waals surface area contributed by atoms with Gasteiger partial charge in [-0.25, -0.2) is 0 Å². The molecule has 10 heteroatoms. The smallest absolute Gasteiger partial charge is 0.269 e. The third kappa shape index (κ3) is 5.22. The Hall–Kier alpha value is -3.24. The summed E-state index contributed by atoms with van der Waals surface area (Å²) in [5, 5.41) is 23.2. The number of nitro groups is 1. The van der Waals surface area contributed by atoms with Gasteiger partial charge in [0.1, 0.15) is 10.1 Å². The average molecular weight is 444 g/mol. The maximum absolute atomic E-state index is 12.6. The summed E-state index contributed by atoms with van der Waals surface area (Å²) in [5.41, 5.74) is 0.932. The number of nitro benzene ring substituents is 1. The SMILES string of the molecule is O=C(CCCN1C(=O)/C(=C/c2ccccc2O)SC1=S)Nc1ccc([N+](=O)[O-])cc1. The number of nitrogens with one attached hydrogen (secondary N) is 1. The van der Waals surface area contributed by atoms with Crippen molar-refractivity contribution >= 4 is 57.6 Å². The Labute approximate surface area is 181 Å². The van der Waals surface area contributed by atoms with Crippen LogP contribution in [0.4, 0.5) is 11.4 Å². The Morgan fingerprint density at radius 1 is 1.23 bits per heavy atom. The Balaban J connectivity index is 1.52. The number of carbonyl (C=O) groups excluding carboxylic acids is 2. The standard InChI is InChI=1S/C20H17N3O5S2/c24-16-5-2-1-4-13(16)12-17-19(26)22(20(29)30-17)11-3-6-18(25)21-14-7-9-15(10-8-14)23(27)28/h1-2,4-5,7-10,12,24H,3,6,11H2,(H,21,25)/b17-12-. The lowest BCUT2D eigenvalue weighted by Crippen LogP contribution is -2.29.